The summed E-state index contributed by atoms with van der Waals surface area (Å²) in [5.41, 5.74) is 4.70. The molecule has 0 heterocycles. The summed E-state index contributed by atoms with van der Waals surface area (Å²) >= 11 is 15.6. The third-order valence-electron chi connectivity index (χ3n) is 4.66. The fourth-order valence-electron chi connectivity index (χ4n) is 2.88. The van der Waals surface area contributed by atoms with Crippen molar-refractivity contribution in [2.75, 3.05) is 5.32 Å². The fourth-order valence-corrected chi connectivity index (χ4v) is 3.65. The molecule has 34 heavy (non-hydrogen) atoms. The van der Waals surface area contributed by atoms with Crippen molar-refractivity contribution in [3.05, 3.63) is 92.4 Å². The summed E-state index contributed by atoms with van der Waals surface area (Å²) in [6.07, 6.45) is 2.40. The van der Waals surface area contributed by atoms with Gasteiger partial charge in [-0.25, -0.2) is 5.43 Å². The Morgan fingerprint density at radius 1 is 0.912 bits per heavy atom. The number of hydrogen-bond acceptors (Lipinski definition) is 4. The molecule has 3 aromatic rings. The molecule has 176 valence electrons. The van der Waals surface area contributed by atoms with Crippen LogP contribution in [0.3, 0.4) is 0 Å². The maximum Gasteiger partial charge on any atom is 0.240 e. The van der Waals surface area contributed by atoms with Gasteiger partial charge in [0.15, 0.2) is 0 Å². The maximum absolute atomic E-state index is 12.0. The van der Waals surface area contributed by atoms with Crippen LogP contribution in [-0.2, 0) is 16.2 Å². The number of hydrogen-bond donors (Lipinski definition) is 2. The monoisotopic (exact) mass is 561 g/mol. The zero-order valence-corrected chi connectivity index (χ0v) is 21.2. The van der Waals surface area contributed by atoms with E-state index in [1.807, 2.05) is 24.3 Å². The van der Waals surface area contributed by atoms with E-state index in [0.717, 1.165) is 15.6 Å². The van der Waals surface area contributed by atoms with Crippen LogP contribution >= 0.6 is 39.1 Å². The van der Waals surface area contributed by atoms with Crippen LogP contribution in [0.2, 0.25) is 10.0 Å². The molecular formula is C25H22BrCl2N3O3. The number of nitrogens with zero attached hydrogens (tertiary/aromatic N) is 1. The van der Waals surface area contributed by atoms with Gasteiger partial charge in [-0.05, 0) is 72.6 Å². The highest BCUT2D eigenvalue weighted by Crippen LogP contribution is 2.26. The predicted octanol–water partition coefficient (Wildman–Crippen LogP) is 6.59. The zero-order valence-electron chi connectivity index (χ0n) is 18.1. The van der Waals surface area contributed by atoms with E-state index in [1.165, 1.54) is 6.21 Å². The minimum atomic E-state index is -0.260. The van der Waals surface area contributed by atoms with Crippen LogP contribution in [0.15, 0.2) is 76.3 Å². The molecule has 3 rings (SSSR count). The number of anilines is 1. The van der Waals surface area contributed by atoms with Gasteiger partial charge in [0.1, 0.15) is 12.4 Å². The van der Waals surface area contributed by atoms with Crippen LogP contribution in [0.4, 0.5) is 5.69 Å². The first kappa shape index (κ1) is 25.7. The number of nitrogens with one attached hydrogen (secondary N) is 2. The number of benzene rings is 3. The Hall–Kier alpha value is -2.87. The second-order valence-corrected chi connectivity index (χ2v) is 8.99. The molecule has 6 nitrogen and oxygen atoms in total. The van der Waals surface area contributed by atoms with Crippen molar-refractivity contribution in [3.63, 3.8) is 0 Å². The van der Waals surface area contributed by atoms with Crippen molar-refractivity contribution in [1.82, 2.24) is 5.43 Å². The Labute approximate surface area is 216 Å². The molecule has 0 aliphatic rings. The molecule has 0 saturated heterocycles. The van der Waals surface area contributed by atoms with E-state index in [2.05, 4.69) is 31.8 Å². The van der Waals surface area contributed by atoms with Crippen LogP contribution in [0.1, 0.15) is 30.4 Å². The average molecular weight is 563 g/mol. The smallest absolute Gasteiger partial charge is 0.240 e. The summed E-state index contributed by atoms with van der Waals surface area (Å²) in [6.45, 7) is 0.253. The molecule has 0 radical (unpaired) electrons. The van der Waals surface area contributed by atoms with E-state index in [0.29, 0.717) is 27.9 Å². The molecule has 2 amide bonds. The van der Waals surface area contributed by atoms with Crippen LogP contribution < -0.4 is 15.5 Å². The maximum atomic E-state index is 12.0. The van der Waals surface area contributed by atoms with Gasteiger partial charge < -0.3 is 10.1 Å². The van der Waals surface area contributed by atoms with Crippen molar-refractivity contribution in [1.29, 1.82) is 0 Å². The van der Waals surface area contributed by atoms with E-state index in [-0.39, 0.29) is 31.3 Å². The molecule has 3 aromatic carbocycles. The molecule has 0 saturated carbocycles. The van der Waals surface area contributed by atoms with Gasteiger partial charge in [-0.15, -0.1) is 0 Å². The van der Waals surface area contributed by atoms with Crippen LogP contribution in [0, 0.1) is 0 Å². The normalized spacial score (nSPS) is 10.8. The topological polar surface area (TPSA) is 79.8 Å². The molecule has 0 atom stereocenters. The summed E-state index contributed by atoms with van der Waals surface area (Å²) in [5, 5.41) is 7.85. The Balaban J connectivity index is 1.36. The molecule has 9 heteroatoms. The molecule has 0 aliphatic carbocycles. The molecule has 0 fully saturated rings. The van der Waals surface area contributed by atoms with Crippen LogP contribution in [-0.4, -0.2) is 18.0 Å². The van der Waals surface area contributed by atoms with Crippen LogP contribution in [0.5, 0.6) is 5.75 Å². The quantitative estimate of drug-likeness (QED) is 0.216. The van der Waals surface area contributed by atoms with Crippen molar-refractivity contribution in [2.24, 2.45) is 5.10 Å². The van der Waals surface area contributed by atoms with Crippen molar-refractivity contribution >= 4 is 62.8 Å². The molecule has 0 aliphatic heterocycles. The highest BCUT2D eigenvalue weighted by atomic mass is 79.9. The van der Waals surface area contributed by atoms with Crippen molar-refractivity contribution in [2.45, 2.75) is 25.9 Å². The lowest BCUT2D eigenvalue weighted by atomic mass is 10.2. The number of hydrazone groups is 1. The van der Waals surface area contributed by atoms with E-state index in [4.69, 9.17) is 27.9 Å². The molecular weight excluding hydrogens is 541 g/mol. The Kier molecular flexibility index (Phi) is 9.94. The second-order valence-electron chi connectivity index (χ2n) is 7.26. The fraction of sp³-hybridized carbons (Fsp3) is 0.160. The third-order valence-corrected chi connectivity index (χ3v) is 5.90. The summed E-state index contributed by atoms with van der Waals surface area (Å²) in [5.74, 6) is 0.251. The lowest BCUT2D eigenvalue weighted by molar-refractivity contribution is -0.121. The van der Waals surface area contributed by atoms with E-state index >= 15 is 0 Å². The lowest BCUT2D eigenvalue weighted by Gasteiger charge is -2.09. The van der Waals surface area contributed by atoms with Gasteiger partial charge in [-0.1, -0.05) is 45.2 Å². The Bertz CT molecular complexity index is 1130. The van der Waals surface area contributed by atoms with Gasteiger partial charge in [0, 0.05) is 38.6 Å². The summed E-state index contributed by atoms with van der Waals surface area (Å²) in [7, 11) is 0. The molecule has 0 bridgehead atoms. The number of ether oxygens (including phenoxy) is 1. The highest BCUT2D eigenvalue weighted by Gasteiger charge is 2.07. The lowest BCUT2D eigenvalue weighted by Crippen LogP contribution is -2.18. The van der Waals surface area contributed by atoms with E-state index < -0.39 is 0 Å². The number of carbonyl (C=O) groups is 2. The van der Waals surface area contributed by atoms with Gasteiger partial charge >= 0.3 is 0 Å². The largest absolute Gasteiger partial charge is 0.489 e. The molecule has 2 N–H and O–H groups in total. The number of carbonyl (C=O) groups excluding carboxylic acids is 2. The minimum Gasteiger partial charge on any atom is -0.489 e. The number of halogens is 3. The van der Waals surface area contributed by atoms with Gasteiger partial charge in [-0.2, -0.15) is 5.10 Å². The second kappa shape index (κ2) is 13.1. The molecule has 0 aromatic heterocycles. The standard InChI is InChI=1S/C25H22BrCl2N3O3/c26-18-9-11-19(12-10-18)30-24(32)5-2-6-25(33)31-29-15-17-7-13-20(14-8-17)34-16-21-22(27)3-1-4-23(21)28/h1,3-4,7-15H,2,5-6,16H2,(H,30,32)(H,31,33)/b29-15-. The number of rotatable bonds is 10. The highest BCUT2D eigenvalue weighted by molar-refractivity contribution is 9.10. The number of amides is 2. The predicted molar refractivity (Wildman–Crippen MR) is 140 cm³/mol. The minimum absolute atomic E-state index is 0.141. The first-order valence-electron chi connectivity index (χ1n) is 10.4. The molecule has 0 spiro atoms. The average Bonchev–Trinajstić information content (AvgIpc) is 2.81. The van der Waals surface area contributed by atoms with E-state index in [9.17, 15) is 9.59 Å². The van der Waals surface area contributed by atoms with Crippen LogP contribution in [0.25, 0.3) is 0 Å². The Morgan fingerprint density at radius 2 is 1.56 bits per heavy atom. The van der Waals surface area contributed by atoms with Gasteiger partial charge in [0.25, 0.3) is 0 Å². The van der Waals surface area contributed by atoms with Gasteiger partial charge in [0.05, 0.1) is 6.21 Å². The van der Waals surface area contributed by atoms with E-state index in [1.54, 1.807) is 42.5 Å². The van der Waals surface area contributed by atoms with Gasteiger partial charge in [-0.3, -0.25) is 9.59 Å². The Morgan fingerprint density at radius 3 is 2.24 bits per heavy atom. The van der Waals surface area contributed by atoms with Gasteiger partial charge in [0.2, 0.25) is 11.8 Å². The molecule has 0 unspecified atom stereocenters. The van der Waals surface area contributed by atoms with Crippen molar-refractivity contribution in [3.8, 4) is 5.75 Å². The zero-order chi connectivity index (χ0) is 24.3. The third kappa shape index (κ3) is 8.48. The first-order valence-corrected chi connectivity index (χ1v) is 12.0. The summed E-state index contributed by atoms with van der Waals surface area (Å²) in [6, 6.07) is 19.8. The SMILES string of the molecule is O=C(CCCC(=O)Nc1ccc(Br)cc1)N/N=C\c1ccc(OCc2c(Cl)cccc2Cl)cc1. The summed E-state index contributed by atoms with van der Waals surface area (Å²) in [4.78, 5) is 23.9. The summed E-state index contributed by atoms with van der Waals surface area (Å²) < 4.78 is 6.68. The van der Waals surface area contributed by atoms with Crippen molar-refractivity contribution < 1.29 is 14.3 Å². The first-order chi connectivity index (χ1) is 16.4.